The highest BCUT2D eigenvalue weighted by atomic mass is 16.6. The maximum Gasteiger partial charge on any atom is 0.416 e. The van der Waals surface area contributed by atoms with Crippen molar-refractivity contribution in [2.75, 3.05) is 13.2 Å². The topological polar surface area (TPSA) is 72.9 Å². The van der Waals surface area contributed by atoms with Crippen molar-refractivity contribution in [3.63, 3.8) is 0 Å². The number of rotatable bonds is 11. The van der Waals surface area contributed by atoms with E-state index in [0.717, 1.165) is 35.1 Å². The molecule has 0 radical (unpaired) electrons. The van der Waals surface area contributed by atoms with Gasteiger partial charge in [0.25, 0.3) is 0 Å². The van der Waals surface area contributed by atoms with Crippen LogP contribution in [0.15, 0.2) is 84.9 Å². The normalized spacial score (nSPS) is 15.1. The van der Waals surface area contributed by atoms with Gasteiger partial charge in [0.05, 0.1) is 25.0 Å². The van der Waals surface area contributed by atoms with Gasteiger partial charge in [-0.3, -0.25) is 9.59 Å². The fraction of sp³-hybridized carbons (Fsp3) is 0.364. The zero-order chi connectivity index (χ0) is 28.0. The van der Waals surface area contributed by atoms with Crippen molar-refractivity contribution in [2.45, 2.75) is 58.9 Å². The number of imide groups is 1. The molecule has 39 heavy (non-hydrogen) atoms. The molecule has 1 saturated heterocycles. The minimum atomic E-state index is -0.736. The average molecular weight is 530 g/mol. The number of unbranched alkanes of at least 4 members (excludes halogenated alkanes) is 1. The van der Waals surface area contributed by atoms with Crippen LogP contribution in [-0.4, -0.2) is 42.1 Å². The highest BCUT2D eigenvalue weighted by molar-refractivity contribution is 5.96. The Hall–Kier alpha value is -3.93. The van der Waals surface area contributed by atoms with Gasteiger partial charge in [0.1, 0.15) is 6.61 Å². The first-order chi connectivity index (χ1) is 19.0. The van der Waals surface area contributed by atoms with E-state index in [1.807, 2.05) is 106 Å². The van der Waals surface area contributed by atoms with Crippen molar-refractivity contribution in [1.29, 1.82) is 0 Å². The van der Waals surface area contributed by atoms with Crippen molar-refractivity contribution < 1.29 is 23.9 Å². The largest absolute Gasteiger partial charge is 0.466 e. The molecule has 1 heterocycles. The third kappa shape index (κ3) is 8.54. The van der Waals surface area contributed by atoms with E-state index in [1.165, 1.54) is 4.90 Å². The summed E-state index contributed by atoms with van der Waals surface area (Å²) in [6, 6.07) is 27.3. The lowest BCUT2D eigenvalue weighted by atomic mass is 9.92. The summed E-state index contributed by atoms with van der Waals surface area (Å²) in [7, 11) is 0. The Bertz CT molecular complexity index is 1180. The summed E-state index contributed by atoms with van der Waals surface area (Å²) in [6.07, 6.45) is 1.74. The maximum absolute atomic E-state index is 13.7. The number of cyclic esters (lactones) is 1. The number of amides is 2. The van der Waals surface area contributed by atoms with E-state index in [2.05, 4.69) is 0 Å². The molecule has 1 fully saturated rings. The lowest BCUT2D eigenvalue weighted by Crippen LogP contribution is -2.44. The molecule has 1 aliphatic rings. The number of ether oxygens (including phenoxy) is 2. The standard InChI is InChI=1S/C31H33NO5.C2H6/c1-2-3-18-36-29(33)21-27(19-24-14-16-26(17-15-24)25-12-8-5-9-13-25)30(34)32-28(22-37-31(32)35)20-23-10-6-4-7-11-23;1-2/h4-17,27-28H,2-3,18-22H2,1H3;1-2H3/t27-,28+;/m0./s1. The molecular formula is C33H39NO5. The Balaban J connectivity index is 0.00000205. The molecule has 2 atom stereocenters. The fourth-order valence-corrected chi connectivity index (χ4v) is 4.55. The predicted octanol–water partition coefficient (Wildman–Crippen LogP) is 6.86. The number of nitrogens with zero attached hydrogens (tertiary/aromatic N) is 1. The molecule has 2 amide bonds. The summed E-state index contributed by atoms with van der Waals surface area (Å²) in [5.41, 5.74) is 4.09. The summed E-state index contributed by atoms with van der Waals surface area (Å²) in [6.45, 7) is 6.48. The quantitative estimate of drug-likeness (QED) is 0.200. The molecule has 3 aromatic carbocycles. The van der Waals surface area contributed by atoms with Crippen LogP contribution in [0.2, 0.25) is 0 Å². The van der Waals surface area contributed by atoms with Crippen molar-refractivity contribution in [3.8, 4) is 11.1 Å². The molecule has 1 aliphatic heterocycles. The summed E-state index contributed by atoms with van der Waals surface area (Å²) >= 11 is 0. The van der Waals surface area contributed by atoms with Crippen LogP contribution in [-0.2, 0) is 31.9 Å². The lowest BCUT2D eigenvalue weighted by molar-refractivity contribution is -0.148. The van der Waals surface area contributed by atoms with Gasteiger partial charge in [-0.25, -0.2) is 9.69 Å². The fourth-order valence-electron chi connectivity index (χ4n) is 4.55. The monoisotopic (exact) mass is 529 g/mol. The second-order valence-corrected chi connectivity index (χ2v) is 9.37. The molecule has 0 spiro atoms. The third-order valence-electron chi connectivity index (χ3n) is 6.58. The van der Waals surface area contributed by atoms with Gasteiger partial charge >= 0.3 is 12.1 Å². The van der Waals surface area contributed by atoms with Crippen molar-refractivity contribution in [3.05, 3.63) is 96.1 Å². The van der Waals surface area contributed by atoms with E-state index < -0.39 is 29.9 Å². The smallest absolute Gasteiger partial charge is 0.416 e. The average Bonchev–Trinajstić information content (AvgIpc) is 3.34. The lowest BCUT2D eigenvalue weighted by Gasteiger charge is -2.25. The van der Waals surface area contributed by atoms with E-state index in [1.54, 1.807) is 0 Å². The number of esters is 1. The van der Waals surface area contributed by atoms with Gasteiger partial charge in [0.15, 0.2) is 0 Å². The van der Waals surface area contributed by atoms with Crippen LogP contribution < -0.4 is 0 Å². The maximum atomic E-state index is 13.7. The zero-order valence-electron chi connectivity index (χ0n) is 23.2. The molecule has 3 aromatic rings. The van der Waals surface area contributed by atoms with Crippen molar-refractivity contribution in [2.24, 2.45) is 5.92 Å². The SMILES string of the molecule is CC.CCCCOC(=O)C[C@H](Cc1ccc(-c2ccccc2)cc1)C(=O)N1C(=O)OC[C@H]1Cc1ccccc1. The molecule has 0 aromatic heterocycles. The van der Waals surface area contributed by atoms with Gasteiger partial charge in [-0.1, -0.05) is 112 Å². The van der Waals surface area contributed by atoms with Gasteiger partial charge in [0, 0.05) is 0 Å². The molecule has 0 saturated carbocycles. The summed E-state index contributed by atoms with van der Waals surface area (Å²) in [4.78, 5) is 40.2. The van der Waals surface area contributed by atoms with Gasteiger partial charge in [0.2, 0.25) is 5.91 Å². The Kier molecular flexibility index (Phi) is 11.8. The number of hydrogen-bond donors (Lipinski definition) is 0. The Morgan fingerprint density at radius 3 is 2.15 bits per heavy atom. The summed E-state index contributed by atoms with van der Waals surface area (Å²) in [5.74, 6) is -1.57. The van der Waals surface area contributed by atoms with Crippen LogP contribution in [0.1, 0.15) is 51.2 Å². The van der Waals surface area contributed by atoms with E-state index in [9.17, 15) is 14.4 Å². The van der Waals surface area contributed by atoms with Crippen LogP contribution in [0.25, 0.3) is 11.1 Å². The van der Waals surface area contributed by atoms with Crippen LogP contribution in [0.5, 0.6) is 0 Å². The van der Waals surface area contributed by atoms with Gasteiger partial charge in [-0.2, -0.15) is 0 Å². The molecule has 206 valence electrons. The Labute approximate surface area is 231 Å². The molecule has 6 nitrogen and oxygen atoms in total. The van der Waals surface area contributed by atoms with Crippen molar-refractivity contribution >= 4 is 18.0 Å². The molecule has 4 rings (SSSR count). The van der Waals surface area contributed by atoms with E-state index in [-0.39, 0.29) is 13.0 Å². The third-order valence-corrected chi connectivity index (χ3v) is 6.58. The van der Waals surface area contributed by atoms with Crippen molar-refractivity contribution in [1.82, 2.24) is 4.90 Å². The molecule has 0 unspecified atom stereocenters. The number of carbonyl (C=O) groups excluding carboxylic acids is 3. The van der Waals surface area contributed by atoms with Crippen LogP contribution in [0, 0.1) is 5.92 Å². The molecule has 0 aliphatic carbocycles. The minimum absolute atomic E-state index is 0.0924. The Morgan fingerprint density at radius 1 is 0.897 bits per heavy atom. The van der Waals surface area contributed by atoms with Crippen LogP contribution in [0.3, 0.4) is 0 Å². The minimum Gasteiger partial charge on any atom is -0.466 e. The molecular weight excluding hydrogens is 490 g/mol. The second kappa shape index (κ2) is 15.5. The zero-order valence-corrected chi connectivity index (χ0v) is 23.2. The van der Waals surface area contributed by atoms with E-state index in [0.29, 0.717) is 19.4 Å². The first kappa shape index (κ1) is 29.6. The molecule has 6 heteroatoms. The van der Waals surface area contributed by atoms with E-state index in [4.69, 9.17) is 9.47 Å². The first-order valence-corrected chi connectivity index (χ1v) is 13.9. The number of benzene rings is 3. The van der Waals surface area contributed by atoms with Crippen LogP contribution >= 0.6 is 0 Å². The second-order valence-electron chi connectivity index (χ2n) is 9.37. The predicted molar refractivity (Wildman–Crippen MR) is 153 cm³/mol. The highest BCUT2D eigenvalue weighted by Crippen LogP contribution is 2.25. The summed E-state index contributed by atoms with van der Waals surface area (Å²) in [5, 5.41) is 0. The van der Waals surface area contributed by atoms with Crippen LogP contribution in [0.4, 0.5) is 4.79 Å². The van der Waals surface area contributed by atoms with Gasteiger partial charge in [-0.05, 0) is 41.5 Å². The number of carbonyl (C=O) groups is 3. The molecule has 0 bridgehead atoms. The van der Waals surface area contributed by atoms with Gasteiger partial charge < -0.3 is 9.47 Å². The summed E-state index contributed by atoms with van der Waals surface area (Å²) < 4.78 is 10.6. The van der Waals surface area contributed by atoms with Gasteiger partial charge in [-0.15, -0.1) is 0 Å². The van der Waals surface area contributed by atoms with E-state index >= 15 is 0 Å². The Morgan fingerprint density at radius 2 is 1.51 bits per heavy atom. The number of hydrogen-bond acceptors (Lipinski definition) is 5. The highest BCUT2D eigenvalue weighted by Gasteiger charge is 2.41. The molecule has 0 N–H and O–H groups in total. The first-order valence-electron chi connectivity index (χ1n) is 13.9.